The number of rotatable bonds is 6. The van der Waals surface area contributed by atoms with Gasteiger partial charge in [-0.15, -0.1) is 0 Å². The van der Waals surface area contributed by atoms with Gasteiger partial charge in [0.25, 0.3) is 0 Å². The molecule has 3 aliphatic rings. The number of hydrogen-bond acceptors (Lipinski definition) is 4. The van der Waals surface area contributed by atoms with Crippen LogP contribution in [0, 0.1) is 0 Å². The molecule has 1 fully saturated rings. The largest absolute Gasteiger partial charge is 0.434 e. The van der Waals surface area contributed by atoms with Gasteiger partial charge in [-0.2, -0.15) is 13.2 Å². The molecule has 3 heterocycles. The highest BCUT2D eigenvalue weighted by atomic mass is 35.5. The van der Waals surface area contributed by atoms with E-state index in [-0.39, 0.29) is 17.2 Å². The van der Waals surface area contributed by atoms with Crippen LogP contribution in [0.25, 0.3) is 5.57 Å². The first kappa shape index (κ1) is 25.0. The molecular formula is C26H28Cl2F3N3O. The highest BCUT2D eigenvalue weighted by molar-refractivity contribution is 6.31. The van der Waals surface area contributed by atoms with Crippen molar-refractivity contribution in [3.63, 3.8) is 0 Å². The zero-order chi connectivity index (χ0) is 24.7. The number of aromatic nitrogens is 1. The number of alkyl halides is 3. The predicted octanol–water partition coefficient (Wildman–Crippen LogP) is 5.49. The molecule has 188 valence electrons. The van der Waals surface area contributed by atoms with E-state index in [9.17, 15) is 18.3 Å². The highest BCUT2D eigenvalue weighted by Crippen LogP contribution is 2.42. The molecule has 5 rings (SSSR count). The van der Waals surface area contributed by atoms with Gasteiger partial charge in [-0.3, -0.25) is 9.80 Å². The Bertz CT molecular complexity index is 1140. The van der Waals surface area contributed by atoms with Gasteiger partial charge in [0.1, 0.15) is 0 Å². The minimum atomic E-state index is -4.56. The molecule has 35 heavy (non-hydrogen) atoms. The Hall–Kier alpha value is -1.64. The second kappa shape index (κ2) is 10.0. The van der Waals surface area contributed by atoms with Gasteiger partial charge in [0, 0.05) is 42.9 Å². The molecule has 2 aliphatic heterocycles. The average molecular weight is 526 g/mol. The van der Waals surface area contributed by atoms with E-state index >= 15 is 0 Å². The van der Waals surface area contributed by atoms with Gasteiger partial charge in [0.15, 0.2) is 5.69 Å². The molecule has 0 spiro atoms. The van der Waals surface area contributed by atoms with Gasteiger partial charge >= 0.3 is 6.18 Å². The normalized spacial score (nSPS) is 23.1. The first-order chi connectivity index (χ1) is 16.7. The summed E-state index contributed by atoms with van der Waals surface area (Å²) in [7, 11) is 0. The van der Waals surface area contributed by atoms with Gasteiger partial charge < -0.3 is 5.11 Å². The van der Waals surface area contributed by atoms with E-state index in [0.717, 1.165) is 50.5 Å². The lowest BCUT2D eigenvalue weighted by molar-refractivity contribution is -0.141. The molecule has 1 saturated heterocycles. The molecule has 1 aromatic carbocycles. The lowest BCUT2D eigenvalue weighted by atomic mass is 9.92. The lowest BCUT2D eigenvalue weighted by Crippen LogP contribution is -2.48. The van der Waals surface area contributed by atoms with Crippen molar-refractivity contribution in [2.75, 3.05) is 32.7 Å². The standard InChI is InChI=1S/C26H28Cl2F3N3O/c27-17-4-3-16-12-22-20(21(16)13-17)8-11-34(24(22)15-33-10-7-19(35)14-33)9-1-2-18-5-6-23(28)25(32-18)26(29,30)31/h3-6,13,19,24,35H,1-2,7-12,14-15H2. The molecule has 0 amide bonds. The van der Waals surface area contributed by atoms with E-state index in [4.69, 9.17) is 23.2 Å². The molecule has 4 nitrogen and oxygen atoms in total. The maximum atomic E-state index is 13.2. The number of aliphatic hydroxyl groups excluding tert-OH is 1. The van der Waals surface area contributed by atoms with Crippen LogP contribution in [0.1, 0.15) is 41.8 Å². The summed E-state index contributed by atoms with van der Waals surface area (Å²) in [5.74, 6) is 0. The summed E-state index contributed by atoms with van der Waals surface area (Å²) >= 11 is 12.0. The lowest BCUT2D eigenvalue weighted by Gasteiger charge is -2.39. The van der Waals surface area contributed by atoms with Crippen molar-refractivity contribution in [1.29, 1.82) is 0 Å². The Kier molecular flexibility index (Phi) is 7.16. The second-order valence-electron chi connectivity index (χ2n) is 9.72. The van der Waals surface area contributed by atoms with Gasteiger partial charge in [-0.05, 0) is 85.2 Å². The number of benzene rings is 1. The van der Waals surface area contributed by atoms with Gasteiger partial charge in [-0.1, -0.05) is 29.3 Å². The molecule has 2 unspecified atom stereocenters. The highest BCUT2D eigenvalue weighted by Gasteiger charge is 2.37. The van der Waals surface area contributed by atoms with Crippen molar-refractivity contribution in [2.24, 2.45) is 0 Å². The maximum Gasteiger partial charge on any atom is 0.434 e. The fraction of sp³-hybridized carbons (Fsp3) is 0.500. The number of aliphatic hydroxyl groups is 1. The molecule has 0 bridgehead atoms. The predicted molar refractivity (Wildman–Crippen MR) is 132 cm³/mol. The number of β-amino-alcohol motifs (C(OH)–C–C–N with tert-alkyl or cyclic N) is 1. The molecule has 2 aromatic rings. The molecule has 1 N–H and O–H groups in total. The van der Waals surface area contributed by atoms with E-state index in [2.05, 4.69) is 26.9 Å². The number of fused-ring (bicyclic) bond motifs is 2. The van der Waals surface area contributed by atoms with Crippen LogP contribution in [0.15, 0.2) is 35.9 Å². The van der Waals surface area contributed by atoms with E-state index in [0.29, 0.717) is 25.1 Å². The molecule has 0 radical (unpaired) electrons. The Balaban J connectivity index is 1.32. The van der Waals surface area contributed by atoms with E-state index in [1.807, 2.05) is 6.07 Å². The Morgan fingerprint density at radius 3 is 2.69 bits per heavy atom. The number of pyridine rings is 1. The van der Waals surface area contributed by atoms with Crippen LogP contribution < -0.4 is 0 Å². The third-order valence-electron chi connectivity index (χ3n) is 7.39. The zero-order valence-corrected chi connectivity index (χ0v) is 20.8. The van der Waals surface area contributed by atoms with Crippen LogP contribution in [-0.4, -0.2) is 64.8 Å². The van der Waals surface area contributed by atoms with Crippen molar-refractivity contribution in [1.82, 2.24) is 14.8 Å². The Morgan fingerprint density at radius 2 is 1.94 bits per heavy atom. The van der Waals surface area contributed by atoms with Crippen LogP contribution in [-0.2, 0) is 19.0 Å². The maximum absolute atomic E-state index is 13.2. The van der Waals surface area contributed by atoms with Crippen LogP contribution in [0.3, 0.4) is 0 Å². The summed E-state index contributed by atoms with van der Waals surface area (Å²) in [5, 5.41) is 10.4. The third kappa shape index (κ3) is 5.39. The number of nitrogens with zero attached hydrogens (tertiary/aromatic N) is 3. The van der Waals surface area contributed by atoms with Gasteiger partial charge in [-0.25, -0.2) is 4.98 Å². The van der Waals surface area contributed by atoms with Crippen molar-refractivity contribution in [3.8, 4) is 0 Å². The quantitative estimate of drug-likeness (QED) is 0.541. The van der Waals surface area contributed by atoms with Crippen LogP contribution in [0.4, 0.5) is 13.2 Å². The molecule has 1 aliphatic carbocycles. The van der Waals surface area contributed by atoms with Crippen molar-refractivity contribution < 1.29 is 18.3 Å². The van der Waals surface area contributed by atoms with Gasteiger partial charge in [0.05, 0.1) is 11.1 Å². The third-order valence-corrected chi connectivity index (χ3v) is 7.93. The molecular weight excluding hydrogens is 498 g/mol. The monoisotopic (exact) mass is 525 g/mol. The average Bonchev–Trinajstić information content (AvgIpc) is 3.38. The number of aryl methyl sites for hydroxylation is 1. The summed E-state index contributed by atoms with van der Waals surface area (Å²) in [5.41, 5.74) is 4.75. The fourth-order valence-electron chi connectivity index (χ4n) is 5.71. The minimum absolute atomic E-state index is 0.208. The van der Waals surface area contributed by atoms with Gasteiger partial charge in [0.2, 0.25) is 0 Å². The number of halogens is 5. The summed E-state index contributed by atoms with van der Waals surface area (Å²) in [4.78, 5) is 8.57. The van der Waals surface area contributed by atoms with Crippen molar-refractivity contribution in [2.45, 2.75) is 50.4 Å². The number of likely N-dealkylation sites (tertiary alicyclic amines) is 1. The second-order valence-corrected chi connectivity index (χ2v) is 10.6. The van der Waals surface area contributed by atoms with Crippen molar-refractivity contribution in [3.05, 3.63) is 68.5 Å². The van der Waals surface area contributed by atoms with Crippen LogP contribution in [0.2, 0.25) is 10.0 Å². The summed E-state index contributed by atoms with van der Waals surface area (Å²) < 4.78 is 39.6. The van der Waals surface area contributed by atoms with E-state index in [1.54, 1.807) is 6.07 Å². The Morgan fingerprint density at radius 1 is 1.11 bits per heavy atom. The molecule has 9 heteroatoms. The van der Waals surface area contributed by atoms with Crippen molar-refractivity contribution >= 4 is 28.8 Å². The summed E-state index contributed by atoms with van der Waals surface area (Å²) in [6.07, 6.45) is -1.07. The summed E-state index contributed by atoms with van der Waals surface area (Å²) in [6, 6.07) is 9.19. The topological polar surface area (TPSA) is 39.6 Å². The first-order valence-electron chi connectivity index (χ1n) is 12.1. The molecule has 1 aromatic heterocycles. The number of hydrogen-bond donors (Lipinski definition) is 1. The fourth-order valence-corrected chi connectivity index (χ4v) is 6.10. The van der Waals surface area contributed by atoms with Crippen LogP contribution in [0.5, 0.6) is 0 Å². The molecule has 2 atom stereocenters. The Labute approximate surface area is 213 Å². The smallest absolute Gasteiger partial charge is 0.392 e. The zero-order valence-electron chi connectivity index (χ0n) is 19.3. The van der Waals surface area contributed by atoms with E-state index in [1.165, 1.54) is 28.3 Å². The van der Waals surface area contributed by atoms with Crippen LogP contribution >= 0.6 is 23.2 Å². The first-order valence-corrected chi connectivity index (χ1v) is 12.8. The van der Waals surface area contributed by atoms with E-state index < -0.39 is 11.9 Å². The SMILES string of the molecule is OC1CCN(CC2C3=C(CCN2CCCc2ccc(Cl)c(C(F)(F)F)n2)c2cc(Cl)ccc2C3)C1. The minimum Gasteiger partial charge on any atom is -0.392 e. The summed E-state index contributed by atoms with van der Waals surface area (Å²) in [6.45, 7) is 4.05. The molecule has 0 saturated carbocycles.